The predicted molar refractivity (Wildman–Crippen MR) is 136 cm³/mol. The second kappa shape index (κ2) is 12.0. The van der Waals surface area contributed by atoms with Crippen molar-refractivity contribution in [1.82, 2.24) is 0 Å². The number of methoxy groups -OCH3 is 1. The summed E-state index contributed by atoms with van der Waals surface area (Å²) in [6.07, 6.45) is 16.9. The number of ether oxygens (including phenoxy) is 1. The van der Waals surface area contributed by atoms with Crippen molar-refractivity contribution >= 4 is 0 Å². The van der Waals surface area contributed by atoms with Gasteiger partial charge in [0.1, 0.15) is 0 Å². The second-order valence-electron chi connectivity index (χ2n) is 11.6. The van der Waals surface area contributed by atoms with Crippen LogP contribution in [0, 0.1) is 23.2 Å². The van der Waals surface area contributed by atoms with E-state index in [0.29, 0.717) is 5.41 Å². The SMILES string of the molecule is C=C1CC[C@H](O)C/C1=C/C=C1\CCC[C@@]2(C)C1CC[C@@H]2[C@H](C)CCCC(C)(C)O.COC. The first-order chi connectivity index (χ1) is 15.0. The molecule has 0 spiro atoms. The van der Waals surface area contributed by atoms with Gasteiger partial charge in [-0.25, -0.2) is 0 Å². The molecule has 0 aromatic rings. The first-order valence-corrected chi connectivity index (χ1v) is 12.9. The number of allylic oxidation sites excluding steroid dienone is 4. The van der Waals surface area contributed by atoms with Crippen LogP contribution in [0.25, 0.3) is 0 Å². The topological polar surface area (TPSA) is 49.7 Å². The molecule has 3 aliphatic carbocycles. The van der Waals surface area contributed by atoms with Gasteiger partial charge in [-0.2, -0.15) is 0 Å². The minimum atomic E-state index is -0.535. The molecular weight excluding hydrogens is 396 g/mol. The Balaban J connectivity index is 0.00000114. The van der Waals surface area contributed by atoms with Crippen LogP contribution in [0.4, 0.5) is 0 Å². The van der Waals surface area contributed by atoms with E-state index in [9.17, 15) is 10.2 Å². The zero-order valence-electron chi connectivity index (χ0n) is 21.8. The van der Waals surface area contributed by atoms with Gasteiger partial charge in [-0.05, 0) is 100 Å². The van der Waals surface area contributed by atoms with Gasteiger partial charge in [0, 0.05) is 14.2 Å². The number of aliphatic hydroxyl groups excluding tert-OH is 1. The standard InChI is InChI=1S/C27H44O2.C2H6O/c1-19-10-13-23(28)18-22(19)12-11-21-9-7-17-27(5)24(14-15-25(21)27)20(2)8-6-16-26(3,4)29;1-3-2/h11-12,20,23-25,28-29H,1,6-10,13-18H2,2-5H3;1-2H3/b21-11+,22-12-;/t20-,23+,24-,25?,27-;/m1./s1. The Hall–Kier alpha value is -0.900. The minimum Gasteiger partial charge on any atom is -0.393 e. The highest BCUT2D eigenvalue weighted by Crippen LogP contribution is 2.60. The van der Waals surface area contributed by atoms with Crippen LogP contribution in [0.2, 0.25) is 0 Å². The maximum atomic E-state index is 10.0. The average molecular weight is 447 g/mol. The number of fused-ring (bicyclic) bond motifs is 1. The van der Waals surface area contributed by atoms with Gasteiger partial charge in [0.2, 0.25) is 0 Å². The fourth-order valence-electron chi connectivity index (χ4n) is 6.67. The summed E-state index contributed by atoms with van der Waals surface area (Å²) in [5.41, 5.74) is 4.02. The Morgan fingerprint density at radius 2 is 1.88 bits per heavy atom. The number of hydrogen-bond acceptors (Lipinski definition) is 3. The molecule has 0 aromatic carbocycles. The molecule has 3 fully saturated rings. The van der Waals surface area contributed by atoms with Crippen molar-refractivity contribution in [3.63, 3.8) is 0 Å². The quantitative estimate of drug-likeness (QED) is 0.462. The van der Waals surface area contributed by atoms with Crippen molar-refractivity contribution in [2.45, 2.75) is 110 Å². The monoisotopic (exact) mass is 446 g/mol. The van der Waals surface area contributed by atoms with E-state index in [1.165, 1.54) is 49.7 Å². The van der Waals surface area contributed by atoms with Gasteiger partial charge in [-0.3, -0.25) is 0 Å². The van der Waals surface area contributed by atoms with E-state index in [0.717, 1.165) is 49.9 Å². The summed E-state index contributed by atoms with van der Waals surface area (Å²) in [4.78, 5) is 0. The molecule has 0 aromatic heterocycles. The highest BCUT2D eigenvalue weighted by molar-refractivity contribution is 5.36. The van der Waals surface area contributed by atoms with Gasteiger partial charge in [0.05, 0.1) is 11.7 Å². The number of hydrogen-bond donors (Lipinski definition) is 2. The molecular formula is C29H50O3. The lowest BCUT2D eigenvalue weighted by Crippen LogP contribution is -2.36. The molecule has 0 heterocycles. The lowest BCUT2D eigenvalue weighted by molar-refractivity contribution is 0.0596. The second-order valence-corrected chi connectivity index (χ2v) is 11.6. The van der Waals surface area contributed by atoms with Crippen molar-refractivity contribution in [2.75, 3.05) is 14.2 Å². The van der Waals surface area contributed by atoms with Crippen molar-refractivity contribution < 1.29 is 14.9 Å². The lowest BCUT2D eigenvalue weighted by atomic mass is 9.60. The largest absolute Gasteiger partial charge is 0.393 e. The summed E-state index contributed by atoms with van der Waals surface area (Å²) in [6.45, 7) is 13.1. The molecule has 3 nitrogen and oxygen atoms in total. The third-order valence-electron chi connectivity index (χ3n) is 8.36. The Morgan fingerprint density at radius 3 is 2.53 bits per heavy atom. The molecule has 184 valence electrons. The van der Waals surface area contributed by atoms with Crippen LogP contribution in [-0.4, -0.2) is 36.1 Å². The Kier molecular flexibility index (Phi) is 10.2. The molecule has 32 heavy (non-hydrogen) atoms. The summed E-state index contributed by atoms with van der Waals surface area (Å²) in [6, 6.07) is 0. The molecule has 0 amide bonds. The predicted octanol–water partition coefficient (Wildman–Crippen LogP) is 7.00. The van der Waals surface area contributed by atoms with Gasteiger partial charge in [0.15, 0.2) is 0 Å². The van der Waals surface area contributed by atoms with Crippen LogP contribution >= 0.6 is 0 Å². The van der Waals surface area contributed by atoms with Gasteiger partial charge in [-0.15, -0.1) is 0 Å². The molecule has 3 rings (SSSR count). The van der Waals surface area contributed by atoms with Crippen LogP contribution in [0.5, 0.6) is 0 Å². The maximum absolute atomic E-state index is 10.0. The first-order valence-electron chi connectivity index (χ1n) is 12.9. The fraction of sp³-hybridized carbons (Fsp3) is 0.793. The number of rotatable bonds is 6. The molecule has 2 N–H and O–H groups in total. The fourth-order valence-corrected chi connectivity index (χ4v) is 6.67. The molecule has 0 saturated heterocycles. The first kappa shape index (κ1) is 27.3. The Labute approximate surface area is 198 Å². The van der Waals surface area contributed by atoms with E-state index in [-0.39, 0.29) is 6.10 Å². The lowest BCUT2D eigenvalue weighted by Gasteiger charge is -2.44. The van der Waals surface area contributed by atoms with Crippen molar-refractivity contribution in [1.29, 1.82) is 0 Å². The van der Waals surface area contributed by atoms with Crippen LogP contribution < -0.4 is 0 Å². The Morgan fingerprint density at radius 1 is 1.19 bits per heavy atom. The van der Waals surface area contributed by atoms with E-state index in [4.69, 9.17) is 0 Å². The van der Waals surface area contributed by atoms with E-state index >= 15 is 0 Å². The van der Waals surface area contributed by atoms with Crippen LogP contribution in [0.15, 0.2) is 35.5 Å². The normalized spacial score (nSPS) is 34.2. The van der Waals surface area contributed by atoms with Crippen molar-refractivity contribution in [3.05, 3.63) is 35.5 Å². The van der Waals surface area contributed by atoms with Crippen LogP contribution in [0.3, 0.4) is 0 Å². The van der Waals surface area contributed by atoms with E-state index in [2.05, 4.69) is 37.3 Å². The smallest absolute Gasteiger partial charge is 0.0591 e. The minimum absolute atomic E-state index is 0.192. The molecule has 0 aliphatic heterocycles. The summed E-state index contributed by atoms with van der Waals surface area (Å²) < 4.78 is 4.25. The van der Waals surface area contributed by atoms with E-state index in [1.807, 2.05) is 13.8 Å². The summed E-state index contributed by atoms with van der Waals surface area (Å²) >= 11 is 0. The molecule has 0 bridgehead atoms. The van der Waals surface area contributed by atoms with Crippen LogP contribution in [-0.2, 0) is 4.74 Å². The molecule has 3 saturated carbocycles. The van der Waals surface area contributed by atoms with Crippen LogP contribution in [0.1, 0.15) is 98.3 Å². The third kappa shape index (κ3) is 7.30. The highest BCUT2D eigenvalue weighted by Gasteiger charge is 2.50. The highest BCUT2D eigenvalue weighted by atomic mass is 16.4. The van der Waals surface area contributed by atoms with E-state index < -0.39 is 5.60 Å². The van der Waals surface area contributed by atoms with Gasteiger partial charge >= 0.3 is 0 Å². The average Bonchev–Trinajstić information content (AvgIpc) is 3.06. The van der Waals surface area contributed by atoms with Gasteiger partial charge in [0.25, 0.3) is 0 Å². The van der Waals surface area contributed by atoms with Gasteiger partial charge in [-0.1, -0.05) is 56.6 Å². The summed E-state index contributed by atoms with van der Waals surface area (Å²) in [5, 5.41) is 20.1. The van der Waals surface area contributed by atoms with E-state index in [1.54, 1.807) is 19.8 Å². The summed E-state index contributed by atoms with van der Waals surface area (Å²) in [5.74, 6) is 2.26. The number of aliphatic hydroxyl groups is 2. The Bertz CT molecular complexity index is 668. The maximum Gasteiger partial charge on any atom is 0.0591 e. The zero-order valence-corrected chi connectivity index (χ0v) is 21.8. The molecule has 0 radical (unpaired) electrons. The van der Waals surface area contributed by atoms with Gasteiger partial charge < -0.3 is 14.9 Å². The van der Waals surface area contributed by atoms with Crippen molar-refractivity contribution in [2.24, 2.45) is 23.2 Å². The molecule has 5 atom stereocenters. The summed E-state index contributed by atoms with van der Waals surface area (Å²) in [7, 11) is 3.25. The molecule has 3 heteroatoms. The third-order valence-corrected chi connectivity index (χ3v) is 8.36. The van der Waals surface area contributed by atoms with Crippen molar-refractivity contribution in [3.8, 4) is 0 Å². The molecule has 1 unspecified atom stereocenters. The molecule has 3 aliphatic rings. The zero-order chi connectivity index (χ0) is 23.9.